The Kier molecular flexibility index (Phi) is 6.69. The van der Waals surface area contributed by atoms with Crippen molar-refractivity contribution in [2.24, 2.45) is 5.92 Å². The van der Waals surface area contributed by atoms with Crippen molar-refractivity contribution in [1.82, 2.24) is 19.7 Å². The summed E-state index contributed by atoms with van der Waals surface area (Å²) in [6.07, 6.45) is 3.78. The number of hydrogen-bond donors (Lipinski definition) is 1. The molecular formula is C22H27N5OS. The Hall–Kier alpha value is -2.67. The molecule has 0 saturated carbocycles. The maximum absolute atomic E-state index is 12.7. The zero-order valence-electron chi connectivity index (χ0n) is 17.6. The van der Waals surface area contributed by atoms with Crippen molar-refractivity contribution in [2.75, 3.05) is 5.32 Å². The molecule has 6 nitrogen and oxygen atoms in total. The fraction of sp³-hybridized carbons (Fsp3) is 0.364. The van der Waals surface area contributed by atoms with Crippen LogP contribution in [0.5, 0.6) is 0 Å². The summed E-state index contributed by atoms with van der Waals surface area (Å²) in [4.78, 5) is 22.2. The summed E-state index contributed by atoms with van der Waals surface area (Å²) < 4.78 is 2.01. The molecule has 152 valence electrons. The molecule has 0 atom stereocenters. The van der Waals surface area contributed by atoms with E-state index >= 15 is 0 Å². The van der Waals surface area contributed by atoms with Crippen molar-refractivity contribution >= 4 is 23.4 Å². The Balaban J connectivity index is 1.67. The van der Waals surface area contributed by atoms with E-state index in [9.17, 15) is 4.79 Å². The van der Waals surface area contributed by atoms with E-state index in [0.29, 0.717) is 17.5 Å². The first-order valence-corrected chi connectivity index (χ1v) is 10.5. The number of hydrogen-bond acceptors (Lipinski definition) is 5. The van der Waals surface area contributed by atoms with Gasteiger partial charge in [0, 0.05) is 40.8 Å². The number of nitrogens with zero attached hydrogens (tertiary/aromatic N) is 4. The molecule has 1 N–H and O–H groups in total. The minimum Gasteiger partial charge on any atom is -0.326 e. The standard InChI is InChI=1S/C22H27N5OS/c1-14(2)13-27-17(5)19(16(4)26-27)12-21(28)25-20-8-7-18(11-15(20)3)29-22-23-9-6-10-24-22/h6-11,14H,12-13H2,1-5H3,(H,25,28). The molecule has 0 saturated heterocycles. The average Bonchev–Trinajstić information content (AvgIpc) is 2.91. The number of benzene rings is 1. The molecular weight excluding hydrogens is 382 g/mol. The molecule has 3 aromatic rings. The number of carbonyl (C=O) groups is 1. The summed E-state index contributed by atoms with van der Waals surface area (Å²) in [5, 5.41) is 8.34. The molecule has 2 heterocycles. The highest BCUT2D eigenvalue weighted by atomic mass is 32.2. The van der Waals surface area contributed by atoms with Crippen LogP contribution in [-0.2, 0) is 17.8 Å². The number of aromatic nitrogens is 4. The van der Waals surface area contributed by atoms with Crippen LogP contribution in [0.3, 0.4) is 0 Å². The summed E-state index contributed by atoms with van der Waals surface area (Å²) in [5.74, 6) is 0.477. The van der Waals surface area contributed by atoms with Gasteiger partial charge in [0.1, 0.15) is 0 Å². The smallest absolute Gasteiger partial charge is 0.228 e. The first-order chi connectivity index (χ1) is 13.8. The van der Waals surface area contributed by atoms with E-state index < -0.39 is 0 Å². The van der Waals surface area contributed by atoms with Crippen molar-refractivity contribution in [3.8, 4) is 0 Å². The largest absolute Gasteiger partial charge is 0.326 e. The maximum Gasteiger partial charge on any atom is 0.228 e. The summed E-state index contributed by atoms with van der Waals surface area (Å²) in [6, 6.07) is 7.74. The van der Waals surface area contributed by atoms with Gasteiger partial charge >= 0.3 is 0 Å². The van der Waals surface area contributed by atoms with E-state index in [-0.39, 0.29) is 5.91 Å². The molecule has 0 aliphatic heterocycles. The Labute approximate surface area is 176 Å². The molecule has 0 fully saturated rings. The number of aryl methyl sites for hydroxylation is 2. The SMILES string of the molecule is Cc1cc(Sc2ncccn2)ccc1NC(=O)Cc1c(C)nn(CC(C)C)c1C. The molecule has 1 amide bonds. The molecule has 0 unspecified atom stereocenters. The fourth-order valence-electron chi connectivity index (χ4n) is 3.15. The van der Waals surface area contributed by atoms with E-state index in [1.165, 1.54) is 11.8 Å². The first-order valence-electron chi connectivity index (χ1n) is 9.71. The molecule has 3 rings (SSSR count). The predicted octanol–water partition coefficient (Wildman–Crippen LogP) is 4.59. The third-order valence-corrected chi connectivity index (χ3v) is 5.51. The van der Waals surface area contributed by atoms with Crippen molar-refractivity contribution in [2.45, 2.75) is 57.6 Å². The topological polar surface area (TPSA) is 72.7 Å². The lowest BCUT2D eigenvalue weighted by Gasteiger charge is -2.11. The van der Waals surface area contributed by atoms with Gasteiger partial charge in [-0.15, -0.1) is 0 Å². The van der Waals surface area contributed by atoms with E-state index in [1.54, 1.807) is 18.5 Å². The third kappa shape index (κ3) is 5.44. The average molecular weight is 410 g/mol. The second-order valence-electron chi connectivity index (χ2n) is 7.56. The van der Waals surface area contributed by atoms with Gasteiger partial charge in [0.15, 0.2) is 5.16 Å². The molecule has 0 radical (unpaired) electrons. The van der Waals surface area contributed by atoms with Crippen molar-refractivity contribution in [3.05, 3.63) is 59.2 Å². The van der Waals surface area contributed by atoms with Crippen LogP contribution >= 0.6 is 11.8 Å². The molecule has 0 spiro atoms. The van der Waals surface area contributed by atoms with Gasteiger partial charge in [-0.25, -0.2) is 9.97 Å². The number of carbonyl (C=O) groups excluding carboxylic acids is 1. The van der Waals surface area contributed by atoms with Crippen LogP contribution in [0, 0.1) is 26.7 Å². The lowest BCUT2D eigenvalue weighted by molar-refractivity contribution is -0.115. The van der Waals surface area contributed by atoms with Crippen LogP contribution in [0.1, 0.15) is 36.4 Å². The predicted molar refractivity (Wildman–Crippen MR) is 116 cm³/mol. The zero-order chi connectivity index (χ0) is 21.0. The molecule has 0 aliphatic carbocycles. The van der Waals surface area contributed by atoms with Gasteiger partial charge in [0.2, 0.25) is 5.91 Å². The van der Waals surface area contributed by atoms with Gasteiger partial charge in [-0.1, -0.05) is 13.8 Å². The van der Waals surface area contributed by atoms with Crippen LogP contribution < -0.4 is 5.32 Å². The van der Waals surface area contributed by atoms with Crippen LogP contribution in [0.4, 0.5) is 5.69 Å². The lowest BCUT2D eigenvalue weighted by atomic mass is 10.1. The third-order valence-electron chi connectivity index (χ3n) is 4.63. The molecule has 2 aromatic heterocycles. The van der Waals surface area contributed by atoms with E-state index in [1.807, 2.05) is 43.7 Å². The Bertz CT molecular complexity index is 998. The first kappa shape index (κ1) is 21.0. The highest BCUT2D eigenvalue weighted by molar-refractivity contribution is 7.99. The van der Waals surface area contributed by atoms with Crippen molar-refractivity contribution in [3.63, 3.8) is 0 Å². The number of nitrogens with one attached hydrogen (secondary N) is 1. The monoisotopic (exact) mass is 409 g/mol. The van der Waals surface area contributed by atoms with Gasteiger partial charge in [-0.3, -0.25) is 9.48 Å². The van der Waals surface area contributed by atoms with E-state index in [0.717, 1.165) is 39.6 Å². The van der Waals surface area contributed by atoms with E-state index in [4.69, 9.17) is 0 Å². The summed E-state index contributed by atoms with van der Waals surface area (Å²) in [5.41, 5.74) is 4.82. The van der Waals surface area contributed by atoms with Crippen LogP contribution in [0.15, 0.2) is 46.7 Å². The number of anilines is 1. The Morgan fingerprint density at radius 2 is 1.90 bits per heavy atom. The Morgan fingerprint density at radius 1 is 1.17 bits per heavy atom. The van der Waals surface area contributed by atoms with Crippen LogP contribution in [0.2, 0.25) is 0 Å². The van der Waals surface area contributed by atoms with E-state index in [2.05, 4.69) is 34.2 Å². The molecule has 7 heteroatoms. The van der Waals surface area contributed by atoms with Gasteiger partial charge in [-0.05, 0) is 68.3 Å². The highest BCUT2D eigenvalue weighted by Gasteiger charge is 2.16. The molecule has 29 heavy (non-hydrogen) atoms. The molecule has 0 bridgehead atoms. The van der Waals surface area contributed by atoms with Gasteiger partial charge < -0.3 is 5.32 Å². The summed E-state index contributed by atoms with van der Waals surface area (Å²) in [7, 11) is 0. The number of rotatable bonds is 7. The maximum atomic E-state index is 12.7. The van der Waals surface area contributed by atoms with Crippen molar-refractivity contribution < 1.29 is 4.79 Å². The molecule has 0 aliphatic rings. The quantitative estimate of drug-likeness (QED) is 0.578. The highest BCUT2D eigenvalue weighted by Crippen LogP contribution is 2.28. The summed E-state index contributed by atoms with van der Waals surface area (Å²) >= 11 is 1.50. The van der Waals surface area contributed by atoms with Crippen LogP contribution in [0.25, 0.3) is 0 Å². The van der Waals surface area contributed by atoms with Gasteiger partial charge in [0.05, 0.1) is 12.1 Å². The second kappa shape index (κ2) is 9.22. The summed E-state index contributed by atoms with van der Waals surface area (Å²) in [6.45, 7) is 11.2. The lowest BCUT2D eigenvalue weighted by Crippen LogP contribution is -2.16. The Morgan fingerprint density at radius 3 is 2.55 bits per heavy atom. The van der Waals surface area contributed by atoms with Crippen molar-refractivity contribution in [1.29, 1.82) is 0 Å². The molecule has 1 aromatic carbocycles. The van der Waals surface area contributed by atoms with Crippen LogP contribution in [-0.4, -0.2) is 25.7 Å². The van der Waals surface area contributed by atoms with Gasteiger partial charge in [0.25, 0.3) is 0 Å². The number of amides is 1. The van der Waals surface area contributed by atoms with Gasteiger partial charge in [-0.2, -0.15) is 5.10 Å². The minimum atomic E-state index is -0.0322. The normalized spacial score (nSPS) is 11.1. The second-order valence-corrected chi connectivity index (χ2v) is 8.60. The minimum absolute atomic E-state index is 0.0322. The fourth-order valence-corrected chi connectivity index (χ4v) is 3.96. The zero-order valence-corrected chi connectivity index (χ0v) is 18.4.